The molecular weight excluding hydrogens is 442 g/mol. The zero-order valence-electron chi connectivity index (χ0n) is 19.3. The van der Waals surface area contributed by atoms with Gasteiger partial charge in [0.15, 0.2) is 5.78 Å². The van der Waals surface area contributed by atoms with E-state index in [1.54, 1.807) is 31.6 Å². The fourth-order valence-corrected chi connectivity index (χ4v) is 3.97. The van der Waals surface area contributed by atoms with Crippen LogP contribution in [0.3, 0.4) is 0 Å². The summed E-state index contributed by atoms with van der Waals surface area (Å²) in [4.78, 5) is 16.3. The number of aromatic nitrogens is 1. The molecule has 1 aliphatic rings. The van der Waals surface area contributed by atoms with Gasteiger partial charge in [0.2, 0.25) is 0 Å². The Labute approximate surface area is 204 Å². The van der Waals surface area contributed by atoms with E-state index in [9.17, 15) is 4.79 Å². The molecule has 0 spiro atoms. The van der Waals surface area contributed by atoms with E-state index in [4.69, 9.17) is 18.9 Å². The zero-order valence-corrected chi connectivity index (χ0v) is 19.3. The van der Waals surface area contributed by atoms with Crippen molar-refractivity contribution in [3.8, 4) is 23.0 Å². The van der Waals surface area contributed by atoms with Crippen LogP contribution < -0.4 is 18.9 Å². The fraction of sp³-hybridized carbons (Fsp3) is 0.172. The first-order valence-electron chi connectivity index (χ1n) is 11.4. The number of rotatable bonds is 8. The maximum absolute atomic E-state index is 12.1. The summed E-state index contributed by atoms with van der Waals surface area (Å²) in [5, 5.41) is 0. The van der Waals surface area contributed by atoms with Crippen LogP contribution in [0.4, 0.5) is 0 Å². The van der Waals surface area contributed by atoms with Crippen LogP contribution in [0.15, 0.2) is 91.3 Å². The summed E-state index contributed by atoms with van der Waals surface area (Å²) in [6, 6.07) is 24.9. The molecule has 0 saturated carbocycles. The average Bonchev–Trinajstić information content (AvgIpc) is 2.91. The molecule has 176 valence electrons. The number of pyridine rings is 1. The molecule has 35 heavy (non-hydrogen) atoms. The number of hydrogen-bond donors (Lipinski definition) is 0. The largest absolute Gasteiger partial charge is 0.497 e. The summed E-state index contributed by atoms with van der Waals surface area (Å²) in [5.74, 6) is 2.81. The molecule has 1 aromatic heterocycles. The van der Waals surface area contributed by atoms with Gasteiger partial charge in [-0.2, -0.15) is 0 Å². The van der Waals surface area contributed by atoms with Crippen molar-refractivity contribution in [2.75, 3.05) is 13.7 Å². The van der Waals surface area contributed by atoms with Crippen LogP contribution in [0.1, 0.15) is 39.6 Å². The van der Waals surface area contributed by atoms with E-state index < -0.39 is 6.10 Å². The van der Waals surface area contributed by atoms with Crippen molar-refractivity contribution in [3.63, 3.8) is 0 Å². The second-order valence-electron chi connectivity index (χ2n) is 8.17. The predicted molar refractivity (Wildman–Crippen MR) is 131 cm³/mol. The van der Waals surface area contributed by atoms with E-state index >= 15 is 0 Å². The van der Waals surface area contributed by atoms with Gasteiger partial charge in [0, 0.05) is 30.4 Å². The SMILES string of the molecule is COc1ccc(COc2cccc([C@@H](Oc3ccc4c(c3)OCCC4=O)c3ccncc3)c2)cc1. The molecule has 3 aromatic carbocycles. The standard InChI is InChI=1S/C29H25NO5/c1-32-23-7-5-20(6-8-23)19-34-24-4-2-3-22(17-24)29(21-11-14-30-15-12-21)35-25-9-10-26-27(31)13-16-33-28(26)18-25/h2-12,14-15,17-18,29H,13,16,19H2,1H3/t29-/m0/s1. The minimum atomic E-state index is -0.403. The Balaban J connectivity index is 1.39. The van der Waals surface area contributed by atoms with E-state index in [1.807, 2.05) is 66.7 Å². The number of carbonyl (C=O) groups excluding carboxylic acids is 1. The number of benzene rings is 3. The summed E-state index contributed by atoms with van der Waals surface area (Å²) in [6.07, 6.45) is 3.48. The third-order valence-corrected chi connectivity index (χ3v) is 5.83. The lowest BCUT2D eigenvalue weighted by Gasteiger charge is -2.22. The number of methoxy groups -OCH3 is 1. The molecule has 0 N–H and O–H groups in total. The van der Waals surface area contributed by atoms with Gasteiger partial charge in [-0.1, -0.05) is 24.3 Å². The molecule has 6 nitrogen and oxygen atoms in total. The summed E-state index contributed by atoms with van der Waals surface area (Å²) < 4.78 is 23.4. The highest BCUT2D eigenvalue weighted by atomic mass is 16.5. The van der Waals surface area contributed by atoms with Crippen molar-refractivity contribution in [1.29, 1.82) is 0 Å². The first-order chi connectivity index (χ1) is 17.2. The number of fused-ring (bicyclic) bond motifs is 1. The highest BCUT2D eigenvalue weighted by Crippen LogP contribution is 2.34. The lowest BCUT2D eigenvalue weighted by atomic mass is 10.0. The Bertz CT molecular complexity index is 1300. The summed E-state index contributed by atoms with van der Waals surface area (Å²) >= 11 is 0. The Morgan fingerprint density at radius 1 is 0.886 bits per heavy atom. The van der Waals surface area contributed by atoms with Crippen LogP contribution in [0, 0.1) is 0 Å². The Morgan fingerprint density at radius 2 is 1.69 bits per heavy atom. The molecule has 0 saturated heterocycles. The van der Waals surface area contributed by atoms with Crippen molar-refractivity contribution < 1.29 is 23.7 Å². The van der Waals surface area contributed by atoms with E-state index in [1.165, 1.54) is 0 Å². The third kappa shape index (κ3) is 5.27. The fourth-order valence-electron chi connectivity index (χ4n) is 3.97. The first kappa shape index (κ1) is 22.5. The highest BCUT2D eigenvalue weighted by Gasteiger charge is 2.21. The third-order valence-electron chi connectivity index (χ3n) is 5.83. The smallest absolute Gasteiger partial charge is 0.169 e. The number of hydrogen-bond acceptors (Lipinski definition) is 6. The van der Waals surface area contributed by atoms with E-state index in [0.717, 1.165) is 28.2 Å². The van der Waals surface area contributed by atoms with E-state index in [0.29, 0.717) is 36.7 Å². The average molecular weight is 468 g/mol. The van der Waals surface area contributed by atoms with Crippen molar-refractivity contribution in [3.05, 3.63) is 114 Å². The molecule has 1 atom stereocenters. The normalized spacial score (nSPS) is 13.3. The molecule has 4 aromatic rings. The van der Waals surface area contributed by atoms with Crippen LogP contribution in [-0.2, 0) is 6.61 Å². The number of Topliss-reactive ketones (excluding diaryl/α,β-unsaturated/α-hetero) is 1. The topological polar surface area (TPSA) is 66.9 Å². The van der Waals surface area contributed by atoms with Gasteiger partial charge in [0.1, 0.15) is 35.7 Å². The van der Waals surface area contributed by atoms with Gasteiger partial charge >= 0.3 is 0 Å². The number of ether oxygens (including phenoxy) is 4. The number of nitrogens with zero attached hydrogens (tertiary/aromatic N) is 1. The lowest BCUT2D eigenvalue weighted by molar-refractivity contribution is 0.0933. The molecular formula is C29H25NO5. The quantitative estimate of drug-likeness (QED) is 0.326. The Hall–Kier alpha value is -4.32. The first-order valence-corrected chi connectivity index (χ1v) is 11.4. The van der Waals surface area contributed by atoms with Crippen LogP contribution in [0.2, 0.25) is 0 Å². The van der Waals surface area contributed by atoms with E-state index in [-0.39, 0.29) is 5.78 Å². The predicted octanol–water partition coefficient (Wildman–Crippen LogP) is 5.80. The van der Waals surface area contributed by atoms with Crippen molar-refractivity contribution in [1.82, 2.24) is 4.98 Å². The molecule has 0 fully saturated rings. The molecule has 2 heterocycles. The van der Waals surface area contributed by atoms with Crippen LogP contribution in [-0.4, -0.2) is 24.5 Å². The molecule has 0 radical (unpaired) electrons. The molecule has 5 rings (SSSR count). The second kappa shape index (κ2) is 10.3. The second-order valence-corrected chi connectivity index (χ2v) is 8.17. The van der Waals surface area contributed by atoms with Gasteiger partial charge < -0.3 is 18.9 Å². The van der Waals surface area contributed by atoms with E-state index in [2.05, 4.69) is 4.98 Å². The molecule has 0 amide bonds. The maximum atomic E-state index is 12.1. The zero-order chi connectivity index (χ0) is 24.0. The summed E-state index contributed by atoms with van der Waals surface area (Å²) in [6.45, 7) is 0.821. The minimum absolute atomic E-state index is 0.0881. The van der Waals surface area contributed by atoms with Crippen molar-refractivity contribution in [2.24, 2.45) is 0 Å². The molecule has 0 unspecified atom stereocenters. The number of ketones is 1. The summed E-state index contributed by atoms with van der Waals surface area (Å²) in [7, 11) is 1.65. The number of carbonyl (C=O) groups is 1. The Kier molecular flexibility index (Phi) is 6.61. The molecule has 6 heteroatoms. The van der Waals surface area contributed by atoms with Gasteiger partial charge in [0.25, 0.3) is 0 Å². The van der Waals surface area contributed by atoms with Gasteiger partial charge in [-0.3, -0.25) is 9.78 Å². The van der Waals surface area contributed by atoms with Crippen LogP contribution >= 0.6 is 0 Å². The Morgan fingerprint density at radius 3 is 2.49 bits per heavy atom. The molecule has 0 aliphatic carbocycles. The van der Waals surface area contributed by atoms with Crippen LogP contribution in [0.25, 0.3) is 0 Å². The van der Waals surface area contributed by atoms with Gasteiger partial charge in [-0.15, -0.1) is 0 Å². The van der Waals surface area contributed by atoms with Crippen molar-refractivity contribution in [2.45, 2.75) is 19.1 Å². The maximum Gasteiger partial charge on any atom is 0.169 e. The monoisotopic (exact) mass is 467 g/mol. The van der Waals surface area contributed by atoms with Gasteiger partial charge in [0.05, 0.1) is 19.3 Å². The van der Waals surface area contributed by atoms with Gasteiger partial charge in [-0.25, -0.2) is 0 Å². The highest BCUT2D eigenvalue weighted by molar-refractivity contribution is 5.99. The molecule has 1 aliphatic heterocycles. The lowest BCUT2D eigenvalue weighted by Crippen LogP contribution is -2.15. The molecule has 0 bridgehead atoms. The summed E-state index contributed by atoms with van der Waals surface area (Å²) in [5.41, 5.74) is 3.51. The van der Waals surface area contributed by atoms with Gasteiger partial charge in [-0.05, 0) is 59.7 Å². The minimum Gasteiger partial charge on any atom is -0.497 e. The van der Waals surface area contributed by atoms with Crippen LogP contribution in [0.5, 0.6) is 23.0 Å². The van der Waals surface area contributed by atoms with Crippen molar-refractivity contribution >= 4 is 5.78 Å².